The van der Waals surface area contributed by atoms with Crippen LogP contribution in [0.5, 0.6) is 0 Å². The van der Waals surface area contributed by atoms with Crippen LogP contribution in [0.1, 0.15) is 66.2 Å². The maximum atomic E-state index is 12.8. The molecule has 1 aliphatic carbocycles. The quantitative estimate of drug-likeness (QED) is 0.748. The summed E-state index contributed by atoms with van der Waals surface area (Å²) in [6, 6.07) is 0. The molecule has 0 spiro atoms. The molecule has 126 valence electrons. The second-order valence-corrected chi connectivity index (χ2v) is 8.96. The van der Waals surface area contributed by atoms with Gasteiger partial charge in [0.1, 0.15) is 0 Å². The lowest BCUT2D eigenvalue weighted by Crippen LogP contribution is -2.58. The molecule has 1 fully saturated rings. The van der Waals surface area contributed by atoms with Crippen molar-refractivity contribution in [3.05, 3.63) is 0 Å². The van der Waals surface area contributed by atoms with Gasteiger partial charge < -0.3 is 5.73 Å². The van der Waals surface area contributed by atoms with Crippen molar-refractivity contribution in [3.63, 3.8) is 0 Å². The van der Waals surface area contributed by atoms with Crippen LogP contribution in [-0.4, -0.2) is 37.1 Å². The Bertz CT molecular complexity index is 399. The van der Waals surface area contributed by atoms with Crippen molar-refractivity contribution >= 4 is 10.0 Å². The fourth-order valence-corrected chi connectivity index (χ4v) is 5.89. The maximum Gasteiger partial charge on any atom is 0.214 e. The van der Waals surface area contributed by atoms with Crippen LogP contribution in [0.4, 0.5) is 0 Å². The summed E-state index contributed by atoms with van der Waals surface area (Å²) >= 11 is 0. The van der Waals surface area contributed by atoms with E-state index in [1.807, 2.05) is 20.8 Å². The zero-order valence-corrected chi connectivity index (χ0v) is 15.1. The van der Waals surface area contributed by atoms with E-state index in [9.17, 15) is 8.42 Å². The Morgan fingerprint density at radius 3 is 2.19 bits per heavy atom. The molecule has 0 aromatic carbocycles. The van der Waals surface area contributed by atoms with Gasteiger partial charge in [0.15, 0.2) is 0 Å². The summed E-state index contributed by atoms with van der Waals surface area (Å²) in [6.45, 7) is 9.23. The Morgan fingerprint density at radius 2 is 1.81 bits per heavy atom. The zero-order valence-electron chi connectivity index (χ0n) is 14.3. The molecule has 0 unspecified atom stereocenters. The van der Waals surface area contributed by atoms with Crippen molar-refractivity contribution < 1.29 is 8.42 Å². The van der Waals surface area contributed by atoms with Crippen LogP contribution in [-0.2, 0) is 10.0 Å². The molecule has 1 rings (SSSR count). The summed E-state index contributed by atoms with van der Waals surface area (Å²) in [7, 11) is -3.22. The second-order valence-electron chi connectivity index (χ2n) is 7.02. The van der Waals surface area contributed by atoms with Gasteiger partial charge in [0, 0.05) is 18.6 Å². The van der Waals surface area contributed by atoms with E-state index in [0.717, 1.165) is 38.0 Å². The van der Waals surface area contributed by atoms with Crippen LogP contribution < -0.4 is 5.73 Å². The van der Waals surface area contributed by atoms with E-state index >= 15 is 0 Å². The van der Waals surface area contributed by atoms with Gasteiger partial charge in [-0.2, -0.15) is 4.31 Å². The Kier molecular flexibility index (Phi) is 7.14. The Balaban J connectivity index is 3.01. The predicted molar refractivity (Wildman–Crippen MR) is 89.7 cm³/mol. The van der Waals surface area contributed by atoms with Gasteiger partial charge in [-0.3, -0.25) is 0 Å². The lowest BCUT2D eigenvalue weighted by atomic mass is 9.75. The largest absolute Gasteiger partial charge is 0.329 e. The standard InChI is InChI=1S/C16H34N2O2S/c1-5-11-18(21(19,20)12-14(3)4)16(13-17)9-7-15(6-2)8-10-16/h14-15H,5-13,17H2,1-4H3. The van der Waals surface area contributed by atoms with E-state index < -0.39 is 10.0 Å². The highest BCUT2D eigenvalue weighted by atomic mass is 32.2. The molecule has 0 atom stereocenters. The van der Waals surface area contributed by atoms with Gasteiger partial charge in [-0.05, 0) is 43.9 Å². The molecule has 0 aromatic rings. The van der Waals surface area contributed by atoms with Crippen LogP contribution in [0.2, 0.25) is 0 Å². The first kappa shape index (κ1) is 18.9. The fraction of sp³-hybridized carbons (Fsp3) is 1.00. The van der Waals surface area contributed by atoms with E-state index in [2.05, 4.69) is 6.92 Å². The molecule has 0 bridgehead atoms. The van der Waals surface area contributed by atoms with Gasteiger partial charge in [-0.25, -0.2) is 8.42 Å². The summed E-state index contributed by atoms with van der Waals surface area (Å²) in [5.41, 5.74) is 5.74. The minimum absolute atomic E-state index is 0.149. The third kappa shape index (κ3) is 4.67. The monoisotopic (exact) mass is 318 g/mol. The molecule has 0 heterocycles. The van der Waals surface area contributed by atoms with Crippen LogP contribution >= 0.6 is 0 Å². The first-order valence-electron chi connectivity index (χ1n) is 8.52. The Hall–Kier alpha value is -0.130. The molecule has 4 nitrogen and oxygen atoms in total. The van der Waals surface area contributed by atoms with Crippen molar-refractivity contribution in [2.75, 3.05) is 18.8 Å². The molecule has 1 saturated carbocycles. The van der Waals surface area contributed by atoms with Gasteiger partial charge in [0.25, 0.3) is 0 Å². The van der Waals surface area contributed by atoms with Gasteiger partial charge in [0.05, 0.1) is 5.75 Å². The zero-order chi connectivity index (χ0) is 16.1. The normalized spacial score (nSPS) is 27.5. The van der Waals surface area contributed by atoms with E-state index in [1.165, 1.54) is 6.42 Å². The topological polar surface area (TPSA) is 63.4 Å². The van der Waals surface area contributed by atoms with Gasteiger partial charge >= 0.3 is 0 Å². The lowest BCUT2D eigenvalue weighted by Gasteiger charge is -2.46. The molecule has 0 aromatic heterocycles. The Labute approximate surface area is 131 Å². The molecule has 2 N–H and O–H groups in total. The summed E-state index contributed by atoms with van der Waals surface area (Å²) in [5, 5.41) is 0. The SMILES string of the molecule is CCCN(C1(CN)CCC(CC)CC1)S(=O)(=O)CC(C)C. The average Bonchev–Trinajstić information content (AvgIpc) is 2.43. The smallest absolute Gasteiger partial charge is 0.214 e. The highest BCUT2D eigenvalue weighted by Gasteiger charge is 2.44. The van der Waals surface area contributed by atoms with Crippen LogP contribution in [0.15, 0.2) is 0 Å². The van der Waals surface area contributed by atoms with Crippen molar-refractivity contribution in [2.24, 2.45) is 17.6 Å². The van der Waals surface area contributed by atoms with Crippen molar-refractivity contribution in [1.82, 2.24) is 4.31 Å². The first-order chi connectivity index (χ1) is 9.81. The van der Waals surface area contributed by atoms with Crippen LogP contribution in [0, 0.1) is 11.8 Å². The molecule has 1 aliphatic rings. The van der Waals surface area contributed by atoms with Gasteiger partial charge in [0.2, 0.25) is 10.0 Å². The van der Waals surface area contributed by atoms with Gasteiger partial charge in [-0.1, -0.05) is 34.1 Å². The maximum absolute atomic E-state index is 12.8. The third-order valence-electron chi connectivity index (χ3n) is 4.83. The van der Waals surface area contributed by atoms with Gasteiger partial charge in [-0.15, -0.1) is 0 Å². The number of nitrogens with two attached hydrogens (primary N) is 1. The van der Waals surface area contributed by atoms with Crippen LogP contribution in [0.3, 0.4) is 0 Å². The third-order valence-corrected chi connectivity index (χ3v) is 7.16. The average molecular weight is 319 g/mol. The molecular weight excluding hydrogens is 284 g/mol. The number of nitrogens with zero attached hydrogens (tertiary/aromatic N) is 1. The van der Waals surface area contributed by atoms with Crippen molar-refractivity contribution in [1.29, 1.82) is 0 Å². The minimum Gasteiger partial charge on any atom is -0.329 e. The molecule has 0 amide bonds. The molecule has 21 heavy (non-hydrogen) atoms. The number of hydrogen-bond acceptors (Lipinski definition) is 3. The Morgan fingerprint density at radius 1 is 1.24 bits per heavy atom. The van der Waals surface area contributed by atoms with Crippen molar-refractivity contribution in [2.45, 2.75) is 71.8 Å². The minimum atomic E-state index is -3.22. The molecule has 0 saturated heterocycles. The summed E-state index contributed by atoms with van der Waals surface area (Å²) < 4.78 is 27.4. The number of rotatable bonds is 8. The number of hydrogen-bond donors (Lipinski definition) is 1. The van der Waals surface area contributed by atoms with E-state index in [1.54, 1.807) is 4.31 Å². The fourth-order valence-electron chi connectivity index (χ4n) is 3.56. The van der Waals surface area contributed by atoms with Crippen molar-refractivity contribution in [3.8, 4) is 0 Å². The molecule has 5 heteroatoms. The first-order valence-corrected chi connectivity index (χ1v) is 10.1. The lowest BCUT2D eigenvalue weighted by molar-refractivity contribution is 0.110. The van der Waals surface area contributed by atoms with Crippen LogP contribution in [0.25, 0.3) is 0 Å². The summed E-state index contributed by atoms with van der Waals surface area (Å²) in [5.74, 6) is 1.11. The molecule has 0 aliphatic heterocycles. The molecular formula is C16H34N2O2S. The molecule has 0 radical (unpaired) electrons. The van der Waals surface area contributed by atoms with E-state index in [0.29, 0.717) is 13.1 Å². The summed E-state index contributed by atoms with van der Waals surface area (Å²) in [6.07, 6.45) is 6.07. The highest BCUT2D eigenvalue weighted by Crippen LogP contribution is 2.39. The van der Waals surface area contributed by atoms with E-state index in [4.69, 9.17) is 5.73 Å². The second kappa shape index (κ2) is 7.93. The summed E-state index contributed by atoms with van der Waals surface area (Å²) in [4.78, 5) is 0. The number of sulfonamides is 1. The highest BCUT2D eigenvalue weighted by molar-refractivity contribution is 7.89. The predicted octanol–water partition coefficient (Wildman–Crippen LogP) is 2.98. The van der Waals surface area contributed by atoms with E-state index in [-0.39, 0.29) is 17.2 Å².